The molecule has 1 aliphatic heterocycles. The molecule has 2 aromatic carbocycles. The molecule has 1 atom stereocenters. The third kappa shape index (κ3) is 4.96. The summed E-state index contributed by atoms with van der Waals surface area (Å²) in [5.74, 6) is -1.02. The summed E-state index contributed by atoms with van der Waals surface area (Å²) in [6.45, 7) is 5.57. The molecule has 8 nitrogen and oxygen atoms in total. The molecule has 0 saturated carbocycles. The Morgan fingerprint density at radius 1 is 1.13 bits per heavy atom. The molecule has 0 radical (unpaired) electrons. The molecule has 0 spiro atoms. The minimum absolute atomic E-state index is 0.0354. The van der Waals surface area contributed by atoms with Crippen LogP contribution in [0.1, 0.15) is 29.8 Å². The molecule has 0 bridgehead atoms. The Hall–Kier alpha value is -3.92. The molecule has 1 N–H and O–H groups in total. The van der Waals surface area contributed by atoms with E-state index in [4.69, 9.17) is 14.2 Å². The molecular formula is C28H31F2N3O5. The summed E-state index contributed by atoms with van der Waals surface area (Å²) in [4.78, 5) is 27.9. The number of nitrogens with one attached hydrogen (secondary N) is 1. The molecule has 1 fully saturated rings. The summed E-state index contributed by atoms with van der Waals surface area (Å²) in [6, 6.07) is 4.17. The molecular weight excluding hydrogens is 496 g/mol. The third-order valence-corrected chi connectivity index (χ3v) is 6.65. The lowest BCUT2D eigenvalue weighted by Crippen LogP contribution is -2.49. The van der Waals surface area contributed by atoms with Crippen LogP contribution in [0.3, 0.4) is 0 Å². The fraction of sp³-hybridized carbons (Fsp3) is 0.357. The maximum atomic E-state index is 15.8. The number of halogens is 2. The van der Waals surface area contributed by atoms with E-state index < -0.39 is 22.8 Å². The maximum Gasteiger partial charge on any atom is 0.203 e. The number of rotatable bonds is 8. The largest absolute Gasteiger partial charge is 0.493 e. The molecule has 1 unspecified atom stereocenters. The summed E-state index contributed by atoms with van der Waals surface area (Å²) in [5, 5.41) is 3.17. The Morgan fingerprint density at radius 2 is 1.82 bits per heavy atom. The lowest BCUT2D eigenvalue weighted by Gasteiger charge is -2.34. The van der Waals surface area contributed by atoms with Crippen molar-refractivity contribution in [3.8, 4) is 17.2 Å². The normalized spacial score (nSPS) is 15.8. The molecule has 1 aliphatic rings. The van der Waals surface area contributed by atoms with Crippen LogP contribution in [0.15, 0.2) is 35.3 Å². The van der Waals surface area contributed by atoms with Gasteiger partial charge in [-0.1, -0.05) is 0 Å². The van der Waals surface area contributed by atoms with Crippen molar-refractivity contribution in [2.45, 2.75) is 26.4 Å². The number of fused-ring (bicyclic) bond motifs is 1. The van der Waals surface area contributed by atoms with Crippen LogP contribution < -0.4 is 29.9 Å². The van der Waals surface area contributed by atoms with Gasteiger partial charge in [0.1, 0.15) is 11.5 Å². The summed E-state index contributed by atoms with van der Waals surface area (Å²) >= 11 is 0. The van der Waals surface area contributed by atoms with Crippen molar-refractivity contribution in [1.29, 1.82) is 0 Å². The van der Waals surface area contributed by atoms with Crippen LogP contribution in [0.5, 0.6) is 17.2 Å². The standard InChI is InChI=1S/C28H31F2N3O5/c1-6-32-15-17(7-8-21(34)18-11-22(36-3)28(38-5)23(12-18)37-4)27(35)19-13-20(29)26(24(30)25(19)32)33-10-9-31-16(2)14-33/h7-8,11-13,15-16,31H,6,9-10,14H2,1-5H3/b8-7+. The zero-order valence-corrected chi connectivity index (χ0v) is 22.1. The zero-order chi connectivity index (χ0) is 27.6. The Labute approximate surface area is 219 Å². The van der Waals surface area contributed by atoms with Crippen LogP contribution in [-0.2, 0) is 6.54 Å². The van der Waals surface area contributed by atoms with Gasteiger partial charge >= 0.3 is 0 Å². The van der Waals surface area contributed by atoms with E-state index >= 15 is 8.78 Å². The summed E-state index contributed by atoms with van der Waals surface area (Å²) < 4.78 is 48.4. The molecule has 1 saturated heterocycles. The van der Waals surface area contributed by atoms with Gasteiger partial charge in [0.15, 0.2) is 28.5 Å². The number of allylic oxidation sites excluding steroid dienone is 1. The second-order valence-electron chi connectivity index (χ2n) is 9.03. The number of benzene rings is 2. The number of nitrogens with zero attached hydrogens (tertiary/aromatic N) is 2. The SMILES string of the molecule is CCn1cc(/C=C/C(=O)c2cc(OC)c(OC)c(OC)c2)c(=O)c2cc(F)c(N3CCNC(C)C3)c(F)c21. The number of hydrogen-bond acceptors (Lipinski definition) is 7. The zero-order valence-electron chi connectivity index (χ0n) is 22.1. The minimum atomic E-state index is -0.793. The van der Waals surface area contributed by atoms with Gasteiger partial charge in [0.2, 0.25) is 5.75 Å². The summed E-state index contributed by atoms with van der Waals surface area (Å²) in [7, 11) is 4.34. The average Bonchev–Trinajstić information content (AvgIpc) is 2.91. The van der Waals surface area contributed by atoms with Gasteiger partial charge in [-0.15, -0.1) is 0 Å². The first-order chi connectivity index (χ1) is 18.2. The molecule has 4 rings (SSSR count). The highest BCUT2D eigenvalue weighted by Gasteiger charge is 2.26. The molecule has 2 heterocycles. The fourth-order valence-corrected chi connectivity index (χ4v) is 4.78. The number of methoxy groups -OCH3 is 3. The van der Waals surface area contributed by atoms with E-state index in [1.165, 1.54) is 51.8 Å². The molecule has 3 aromatic rings. The first-order valence-electron chi connectivity index (χ1n) is 12.3. The van der Waals surface area contributed by atoms with E-state index in [-0.39, 0.29) is 33.8 Å². The second-order valence-corrected chi connectivity index (χ2v) is 9.03. The lowest BCUT2D eigenvalue weighted by atomic mass is 10.1. The van der Waals surface area contributed by atoms with Gasteiger partial charge in [0.25, 0.3) is 0 Å². The van der Waals surface area contributed by atoms with E-state index in [1.54, 1.807) is 16.4 Å². The first kappa shape index (κ1) is 27.1. The third-order valence-electron chi connectivity index (χ3n) is 6.65. The van der Waals surface area contributed by atoms with Gasteiger partial charge in [-0.2, -0.15) is 0 Å². The minimum Gasteiger partial charge on any atom is -0.493 e. The highest BCUT2D eigenvalue weighted by molar-refractivity contribution is 6.07. The number of anilines is 1. The predicted molar refractivity (Wildman–Crippen MR) is 143 cm³/mol. The lowest BCUT2D eigenvalue weighted by molar-refractivity contribution is 0.104. The number of pyridine rings is 1. The van der Waals surface area contributed by atoms with E-state index in [1.807, 2.05) is 6.92 Å². The maximum absolute atomic E-state index is 15.8. The Kier molecular flexibility index (Phi) is 8.01. The topological polar surface area (TPSA) is 82.0 Å². The highest BCUT2D eigenvalue weighted by atomic mass is 19.1. The molecule has 10 heteroatoms. The molecule has 1 aromatic heterocycles. The van der Waals surface area contributed by atoms with E-state index in [0.29, 0.717) is 43.4 Å². The molecule has 0 amide bonds. The number of carbonyl (C=O) groups is 1. The van der Waals surface area contributed by atoms with Crippen molar-refractivity contribution < 1.29 is 27.8 Å². The predicted octanol–water partition coefficient (Wildman–Crippen LogP) is 4.02. The van der Waals surface area contributed by atoms with Crippen molar-refractivity contribution in [1.82, 2.24) is 9.88 Å². The monoisotopic (exact) mass is 527 g/mol. The van der Waals surface area contributed by atoms with Crippen molar-refractivity contribution in [3.63, 3.8) is 0 Å². The van der Waals surface area contributed by atoms with Crippen LogP contribution in [0.25, 0.3) is 17.0 Å². The van der Waals surface area contributed by atoms with Crippen molar-refractivity contribution in [2.24, 2.45) is 0 Å². The van der Waals surface area contributed by atoms with Gasteiger partial charge in [-0.05, 0) is 44.2 Å². The number of ether oxygens (including phenoxy) is 3. The van der Waals surface area contributed by atoms with Gasteiger partial charge in [-0.3, -0.25) is 9.59 Å². The summed E-state index contributed by atoms with van der Waals surface area (Å²) in [6.07, 6.45) is 4.06. The van der Waals surface area contributed by atoms with Crippen molar-refractivity contribution in [3.05, 3.63) is 63.5 Å². The van der Waals surface area contributed by atoms with Crippen LogP contribution in [0.4, 0.5) is 14.5 Å². The van der Waals surface area contributed by atoms with Crippen molar-refractivity contribution in [2.75, 3.05) is 45.9 Å². The van der Waals surface area contributed by atoms with Gasteiger partial charge in [-0.25, -0.2) is 8.78 Å². The van der Waals surface area contributed by atoms with Crippen LogP contribution in [0, 0.1) is 11.6 Å². The Balaban J connectivity index is 1.76. The first-order valence-corrected chi connectivity index (χ1v) is 12.3. The average molecular weight is 528 g/mol. The second kappa shape index (κ2) is 11.2. The number of carbonyl (C=O) groups excluding carboxylic acids is 1. The van der Waals surface area contributed by atoms with Crippen LogP contribution >= 0.6 is 0 Å². The quantitative estimate of drug-likeness (QED) is 0.350. The van der Waals surface area contributed by atoms with Crippen LogP contribution in [0.2, 0.25) is 0 Å². The van der Waals surface area contributed by atoms with Crippen molar-refractivity contribution >= 4 is 28.4 Å². The van der Waals surface area contributed by atoms with Gasteiger partial charge in [0.05, 0.1) is 32.2 Å². The highest BCUT2D eigenvalue weighted by Crippen LogP contribution is 2.38. The molecule has 38 heavy (non-hydrogen) atoms. The number of aromatic nitrogens is 1. The number of aryl methyl sites for hydroxylation is 1. The summed E-state index contributed by atoms with van der Waals surface area (Å²) in [5.41, 5.74) is -0.292. The van der Waals surface area contributed by atoms with E-state index in [0.717, 1.165) is 6.07 Å². The Morgan fingerprint density at radius 3 is 2.39 bits per heavy atom. The number of piperazine rings is 1. The number of ketones is 1. The molecule has 202 valence electrons. The van der Waals surface area contributed by atoms with Gasteiger partial charge in [0, 0.05) is 49.5 Å². The van der Waals surface area contributed by atoms with Gasteiger partial charge < -0.3 is 29.0 Å². The van der Waals surface area contributed by atoms with Crippen LogP contribution in [-0.4, -0.2) is 57.4 Å². The smallest absolute Gasteiger partial charge is 0.203 e. The fourth-order valence-electron chi connectivity index (χ4n) is 4.78. The van der Waals surface area contributed by atoms with E-state index in [9.17, 15) is 9.59 Å². The van der Waals surface area contributed by atoms with E-state index in [2.05, 4.69) is 5.32 Å². The Bertz CT molecular complexity index is 1440. The molecule has 0 aliphatic carbocycles. The number of hydrogen-bond donors (Lipinski definition) is 1.